The molecule has 0 radical (unpaired) electrons. The Bertz CT molecular complexity index is 767. The molecule has 21 heavy (non-hydrogen) atoms. The average molecular weight is 310 g/mol. The van der Waals surface area contributed by atoms with Crippen molar-refractivity contribution in [1.82, 2.24) is 19.4 Å². The van der Waals surface area contributed by atoms with Crippen LogP contribution in [0.4, 0.5) is 0 Å². The molecule has 0 fully saturated rings. The standard InChI is InChI=1S/C13H18N4O3S/c1-9-4-5-12-15-11(8-17(12)7-9)6-14-13(18)10(2)16-21(3,19)20/h4-5,7-8,10,16H,6H2,1-3H3,(H,14,18). The van der Waals surface area contributed by atoms with Gasteiger partial charge in [0.1, 0.15) is 5.65 Å². The predicted molar refractivity (Wildman–Crippen MR) is 79.2 cm³/mol. The summed E-state index contributed by atoms with van der Waals surface area (Å²) in [6.45, 7) is 3.72. The van der Waals surface area contributed by atoms with E-state index in [1.165, 1.54) is 6.92 Å². The molecular formula is C13H18N4O3S. The van der Waals surface area contributed by atoms with Crippen LogP contribution in [0, 0.1) is 6.92 Å². The van der Waals surface area contributed by atoms with E-state index in [2.05, 4.69) is 15.0 Å². The minimum Gasteiger partial charge on any atom is -0.349 e. The molecule has 8 heteroatoms. The largest absolute Gasteiger partial charge is 0.349 e. The number of nitrogens with zero attached hydrogens (tertiary/aromatic N) is 2. The summed E-state index contributed by atoms with van der Waals surface area (Å²) in [6.07, 6.45) is 4.79. The van der Waals surface area contributed by atoms with Crippen molar-refractivity contribution in [1.29, 1.82) is 0 Å². The molecule has 0 bridgehead atoms. The van der Waals surface area contributed by atoms with Gasteiger partial charge in [-0.05, 0) is 25.5 Å². The number of aromatic nitrogens is 2. The van der Waals surface area contributed by atoms with E-state index in [9.17, 15) is 13.2 Å². The highest BCUT2D eigenvalue weighted by Gasteiger charge is 2.16. The fraction of sp³-hybridized carbons (Fsp3) is 0.385. The third kappa shape index (κ3) is 4.27. The summed E-state index contributed by atoms with van der Waals surface area (Å²) in [5.41, 5.74) is 2.62. The summed E-state index contributed by atoms with van der Waals surface area (Å²) < 4.78 is 26.2. The van der Waals surface area contributed by atoms with Crippen LogP contribution in [0.15, 0.2) is 24.5 Å². The van der Waals surface area contributed by atoms with Crippen molar-refractivity contribution in [2.75, 3.05) is 6.26 Å². The summed E-state index contributed by atoms with van der Waals surface area (Å²) in [5, 5.41) is 2.66. The van der Waals surface area contributed by atoms with Crippen molar-refractivity contribution in [3.05, 3.63) is 35.8 Å². The zero-order valence-electron chi connectivity index (χ0n) is 12.1. The summed E-state index contributed by atoms with van der Waals surface area (Å²) in [7, 11) is -3.41. The van der Waals surface area contributed by atoms with Crippen molar-refractivity contribution in [2.45, 2.75) is 26.4 Å². The quantitative estimate of drug-likeness (QED) is 0.825. The molecule has 114 valence electrons. The molecule has 0 saturated heterocycles. The number of hydrogen-bond donors (Lipinski definition) is 2. The number of fused-ring (bicyclic) bond motifs is 1. The van der Waals surface area contributed by atoms with Gasteiger partial charge in [0.25, 0.3) is 0 Å². The molecule has 2 heterocycles. The van der Waals surface area contributed by atoms with Gasteiger partial charge in [-0.25, -0.2) is 18.1 Å². The molecule has 0 saturated carbocycles. The molecule has 2 aromatic heterocycles. The van der Waals surface area contributed by atoms with E-state index in [1.54, 1.807) is 0 Å². The molecular weight excluding hydrogens is 292 g/mol. The number of hydrogen-bond acceptors (Lipinski definition) is 4. The molecule has 1 amide bonds. The lowest BCUT2D eigenvalue weighted by Gasteiger charge is -2.11. The van der Waals surface area contributed by atoms with Crippen LogP contribution in [-0.2, 0) is 21.4 Å². The molecule has 2 aromatic rings. The fourth-order valence-corrected chi connectivity index (χ4v) is 2.70. The van der Waals surface area contributed by atoms with Crippen LogP contribution in [0.1, 0.15) is 18.2 Å². The minimum absolute atomic E-state index is 0.245. The lowest BCUT2D eigenvalue weighted by atomic mass is 10.3. The van der Waals surface area contributed by atoms with Crippen molar-refractivity contribution < 1.29 is 13.2 Å². The Morgan fingerprint density at radius 1 is 1.38 bits per heavy atom. The van der Waals surface area contributed by atoms with E-state index in [1.807, 2.05) is 35.9 Å². The molecule has 2 rings (SSSR count). The number of amides is 1. The van der Waals surface area contributed by atoms with Crippen LogP contribution in [0.25, 0.3) is 5.65 Å². The van der Waals surface area contributed by atoms with Crippen molar-refractivity contribution in [3.63, 3.8) is 0 Å². The number of sulfonamides is 1. The van der Waals surface area contributed by atoms with Gasteiger partial charge in [0, 0.05) is 12.4 Å². The molecule has 1 atom stereocenters. The van der Waals surface area contributed by atoms with Gasteiger partial charge in [0.2, 0.25) is 15.9 Å². The highest BCUT2D eigenvalue weighted by molar-refractivity contribution is 7.88. The third-order valence-corrected chi connectivity index (χ3v) is 3.66. The average Bonchev–Trinajstić information content (AvgIpc) is 2.75. The Labute approximate surface area is 123 Å². The summed E-state index contributed by atoms with van der Waals surface area (Å²) in [4.78, 5) is 16.2. The van der Waals surface area contributed by atoms with Gasteiger partial charge in [0.15, 0.2) is 0 Å². The summed E-state index contributed by atoms with van der Waals surface area (Å²) in [5.74, 6) is -0.395. The van der Waals surface area contributed by atoms with Crippen molar-refractivity contribution in [2.24, 2.45) is 0 Å². The lowest BCUT2D eigenvalue weighted by Crippen LogP contribution is -2.44. The van der Waals surface area contributed by atoms with Gasteiger partial charge in [-0.1, -0.05) is 6.07 Å². The maximum Gasteiger partial charge on any atom is 0.238 e. The van der Waals surface area contributed by atoms with E-state index < -0.39 is 22.0 Å². The van der Waals surface area contributed by atoms with Crippen LogP contribution >= 0.6 is 0 Å². The monoisotopic (exact) mass is 310 g/mol. The second kappa shape index (κ2) is 5.82. The van der Waals surface area contributed by atoms with Crippen LogP contribution < -0.4 is 10.0 Å². The van der Waals surface area contributed by atoms with E-state index in [0.29, 0.717) is 5.69 Å². The molecule has 1 unspecified atom stereocenters. The summed E-state index contributed by atoms with van der Waals surface area (Å²) in [6, 6.07) is 3.04. The first kappa shape index (κ1) is 15.5. The number of carbonyl (C=O) groups excluding carboxylic acids is 1. The maximum atomic E-state index is 11.8. The van der Waals surface area contributed by atoms with E-state index >= 15 is 0 Å². The first-order valence-electron chi connectivity index (χ1n) is 6.44. The number of imidazole rings is 1. The minimum atomic E-state index is -3.41. The number of carbonyl (C=O) groups is 1. The van der Waals surface area contributed by atoms with Gasteiger partial charge in [-0.15, -0.1) is 0 Å². The topological polar surface area (TPSA) is 92.6 Å². The first-order valence-corrected chi connectivity index (χ1v) is 8.33. The second-order valence-electron chi connectivity index (χ2n) is 5.03. The second-order valence-corrected chi connectivity index (χ2v) is 6.81. The number of aryl methyl sites for hydroxylation is 1. The van der Waals surface area contributed by atoms with Crippen LogP contribution in [-0.4, -0.2) is 36.0 Å². The van der Waals surface area contributed by atoms with Gasteiger partial charge in [-0.3, -0.25) is 4.79 Å². The molecule has 0 aliphatic carbocycles. The van der Waals surface area contributed by atoms with Crippen LogP contribution in [0.5, 0.6) is 0 Å². The number of nitrogens with one attached hydrogen (secondary N) is 2. The van der Waals surface area contributed by atoms with Gasteiger partial charge < -0.3 is 9.72 Å². The Hall–Kier alpha value is -1.93. The molecule has 2 N–H and O–H groups in total. The lowest BCUT2D eigenvalue weighted by molar-refractivity contribution is -0.122. The van der Waals surface area contributed by atoms with Crippen LogP contribution in [0.2, 0.25) is 0 Å². The van der Waals surface area contributed by atoms with E-state index in [4.69, 9.17) is 0 Å². The number of rotatable bonds is 5. The third-order valence-electron chi connectivity index (χ3n) is 2.88. The molecule has 0 spiro atoms. The Morgan fingerprint density at radius 3 is 2.76 bits per heavy atom. The summed E-state index contributed by atoms with van der Waals surface area (Å²) >= 11 is 0. The zero-order chi connectivity index (χ0) is 15.6. The smallest absolute Gasteiger partial charge is 0.238 e. The molecule has 0 aliphatic heterocycles. The van der Waals surface area contributed by atoms with Gasteiger partial charge >= 0.3 is 0 Å². The molecule has 7 nitrogen and oxygen atoms in total. The maximum absolute atomic E-state index is 11.8. The van der Waals surface area contributed by atoms with Gasteiger partial charge in [0.05, 0.1) is 24.5 Å². The van der Waals surface area contributed by atoms with Crippen molar-refractivity contribution >= 4 is 21.6 Å². The Balaban J connectivity index is 1.99. The van der Waals surface area contributed by atoms with E-state index in [-0.39, 0.29) is 6.54 Å². The Morgan fingerprint density at radius 2 is 2.10 bits per heavy atom. The SMILES string of the molecule is Cc1ccc2nc(CNC(=O)C(C)NS(C)(=O)=O)cn2c1. The highest BCUT2D eigenvalue weighted by atomic mass is 32.2. The molecule has 0 aromatic carbocycles. The Kier molecular flexibility index (Phi) is 4.29. The molecule has 0 aliphatic rings. The highest BCUT2D eigenvalue weighted by Crippen LogP contribution is 2.07. The van der Waals surface area contributed by atoms with Crippen molar-refractivity contribution in [3.8, 4) is 0 Å². The fourth-order valence-electron chi connectivity index (χ4n) is 1.95. The van der Waals surface area contributed by atoms with E-state index in [0.717, 1.165) is 17.5 Å². The first-order chi connectivity index (χ1) is 9.74. The normalized spacial score (nSPS) is 13.3. The number of pyridine rings is 1. The van der Waals surface area contributed by atoms with Gasteiger partial charge in [-0.2, -0.15) is 0 Å². The zero-order valence-corrected chi connectivity index (χ0v) is 12.9. The predicted octanol–water partition coefficient (Wildman–Crippen LogP) is 0.197. The van der Waals surface area contributed by atoms with Crippen LogP contribution in [0.3, 0.4) is 0 Å².